The van der Waals surface area contributed by atoms with Gasteiger partial charge in [0.25, 0.3) is 10.2 Å². The van der Waals surface area contributed by atoms with E-state index in [1.807, 2.05) is 7.05 Å². The largest absolute Gasteiger partial charge is 0.319 e. The third-order valence-electron chi connectivity index (χ3n) is 5.04. The van der Waals surface area contributed by atoms with Crippen molar-refractivity contribution in [3.05, 3.63) is 0 Å². The predicted octanol–water partition coefficient (Wildman–Crippen LogP) is 1.19. The molecular weight excluding hydrogens is 274 g/mol. The Morgan fingerprint density at radius 1 is 1.35 bits per heavy atom. The minimum Gasteiger partial charge on any atom is -0.319 e. The monoisotopic (exact) mass is 303 g/mol. The van der Waals surface area contributed by atoms with Crippen LogP contribution in [0.2, 0.25) is 0 Å². The zero-order chi connectivity index (χ0) is 14.8. The van der Waals surface area contributed by atoms with Crippen molar-refractivity contribution in [2.45, 2.75) is 39.5 Å². The van der Waals surface area contributed by atoms with Gasteiger partial charge in [0.1, 0.15) is 0 Å². The summed E-state index contributed by atoms with van der Waals surface area (Å²) in [5.74, 6) is 0.980. The van der Waals surface area contributed by atoms with Crippen LogP contribution in [0.1, 0.15) is 39.5 Å². The van der Waals surface area contributed by atoms with Crippen LogP contribution >= 0.6 is 0 Å². The summed E-state index contributed by atoms with van der Waals surface area (Å²) in [5.41, 5.74) is 0.216. The van der Waals surface area contributed by atoms with Crippen molar-refractivity contribution in [2.24, 2.45) is 17.3 Å². The van der Waals surface area contributed by atoms with E-state index in [0.717, 1.165) is 32.2 Å². The average Bonchev–Trinajstić information content (AvgIpc) is 3.19. The lowest BCUT2D eigenvalue weighted by Crippen LogP contribution is -2.48. The molecule has 1 aliphatic heterocycles. The standard InChI is InChI=1S/C14H29N3O2S/c1-12(2)14(6-7-14)11-16-20(18,19)17-8-4-5-13(10-17)9-15-3/h12-13,15-16H,4-11H2,1-3H3. The maximum absolute atomic E-state index is 12.4. The molecule has 5 nitrogen and oxygen atoms in total. The van der Waals surface area contributed by atoms with Gasteiger partial charge in [0.15, 0.2) is 0 Å². The second kappa shape index (κ2) is 6.30. The Kier molecular flexibility index (Phi) is 5.10. The molecule has 0 aromatic carbocycles. The number of piperidine rings is 1. The van der Waals surface area contributed by atoms with E-state index in [0.29, 0.717) is 31.5 Å². The lowest BCUT2D eigenvalue weighted by atomic mass is 9.93. The molecule has 0 spiro atoms. The van der Waals surface area contributed by atoms with Gasteiger partial charge < -0.3 is 5.32 Å². The summed E-state index contributed by atoms with van der Waals surface area (Å²) < 4.78 is 29.3. The third-order valence-corrected chi connectivity index (χ3v) is 6.56. The summed E-state index contributed by atoms with van der Waals surface area (Å²) in [6, 6.07) is 0. The molecule has 20 heavy (non-hydrogen) atoms. The van der Waals surface area contributed by atoms with Gasteiger partial charge in [-0.2, -0.15) is 12.7 Å². The van der Waals surface area contributed by atoms with Crippen molar-refractivity contribution in [3.63, 3.8) is 0 Å². The van der Waals surface area contributed by atoms with E-state index in [1.165, 1.54) is 0 Å². The van der Waals surface area contributed by atoms with Gasteiger partial charge in [0, 0.05) is 19.6 Å². The molecule has 118 valence electrons. The molecule has 1 saturated carbocycles. The van der Waals surface area contributed by atoms with E-state index < -0.39 is 10.2 Å². The van der Waals surface area contributed by atoms with E-state index in [-0.39, 0.29) is 5.41 Å². The first-order valence-electron chi connectivity index (χ1n) is 7.79. The lowest BCUT2D eigenvalue weighted by molar-refractivity contribution is 0.258. The normalized spacial score (nSPS) is 26.9. The maximum atomic E-state index is 12.4. The summed E-state index contributed by atoms with van der Waals surface area (Å²) in [6.45, 7) is 7.16. The van der Waals surface area contributed by atoms with E-state index in [9.17, 15) is 8.42 Å². The molecular formula is C14H29N3O2S. The molecule has 6 heteroatoms. The highest BCUT2D eigenvalue weighted by Crippen LogP contribution is 2.51. The minimum atomic E-state index is -3.31. The van der Waals surface area contributed by atoms with Crippen LogP contribution in [0.15, 0.2) is 0 Å². The predicted molar refractivity (Wildman–Crippen MR) is 81.7 cm³/mol. The van der Waals surface area contributed by atoms with Gasteiger partial charge in [0.05, 0.1) is 0 Å². The zero-order valence-corrected chi connectivity index (χ0v) is 13.8. The number of rotatable bonds is 7. The van der Waals surface area contributed by atoms with E-state index >= 15 is 0 Å². The highest BCUT2D eigenvalue weighted by atomic mass is 32.2. The Bertz CT molecular complexity index is 416. The molecule has 1 aliphatic carbocycles. The Hall–Kier alpha value is -0.170. The number of nitrogens with one attached hydrogen (secondary N) is 2. The summed E-state index contributed by atoms with van der Waals surface area (Å²) >= 11 is 0. The van der Waals surface area contributed by atoms with Gasteiger partial charge in [-0.3, -0.25) is 0 Å². The van der Waals surface area contributed by atoms with Crippen LogP contribution in [0.25, 0.3) is 0 Å². The molecule has 0 bridgehead atoms. The molecule has 2 rings (SSSR count). The fourth-order valence-corrected chi connectivity index (χ4v) is 4.57. The molecule has 0 radical (unpaired) electrons. The zero-order valence-electron chi connectivity index (χ0n) is 13.0. The first kappa shape index (κ1) is 16.2. The summed E-state index contributed by atoms with van der Waals surface area (Å²) in [7, 11) is -1.38. The van der Waals surface area contributed by atoms with Crippen LogP contribution in [0.5, 0.6) is 0 Å². The van der Waals surface area contributed by atoms with E-state index in [4.69, 9.17) is 0 Å². The van der Waals surface area contributed by atoms with Crippen LogP contribution in [-0.2, 0) is 10.2 Å². The molecule has 1 heterocycles. The highest BCUT2D eigenvalue weighted by Gasteiger charge is 2.46. The fourth-order valence-electron chi connectivity index (χ4n) is 3.15. The summed E-state index contributed by atoms with van der Waals surface area (Å²) in [5, 5.41) is 3.15. The number of hydrogen-bond acceptors (Lipinski definition) is 3. The van der Waals surface area contributed by atoms with Crippen molar-refractivity contribution >= 4 is 10.2 Å². The quantitative estimate of drug-likeness (QED) is 0.742. The molecule has 2 N–H and O–H groups in total. The van der Waals surface area contributed by atoms with Crippen LogP contribution in [0.4, 0.5) is 0 Å². The third kappa shape index (κ3) is 3.72. The van der Waals surface area contributed by atoms with Crippen LogP contribution in [-0.4, -0.2) is 45.9 Å². The van der Waals surface area contributed by atoms with Crippen molar-refractivity contribution in [1.29, 1.82) is 0 Å². The van der Waals surface area contributed by atoms with Crippen molar-refractivity contribution in [3.8, 4) is 0 Å². The molecule has 2 aliphatic rings. The average molecular weight is 303 g/mol. The second-order valence-electron chi connectivity index (χ2n) is 6.77. The summed E-state index contributed by atoms with van der Waals surface area (Å²) in [6.07, 6.45) is 4.37. The maximum Gasteiger partial charge on any atom is 0.279 e. The first-order valence-corrected chi connectivity index (χ1v) is 9.23. The highest BCUT2D eigenvalue weighted by molar-refractivity contribution is 7.87. The first-order chi connectivity index (χ1) is 9.39. The molecule has 0 aromatic heterocycles. The van der Waals surface area contributed by atoms with Crippen molar-refractivity contribution in [2.75, 3.05) is 33.2 Å². The molecule has 0 aromatic rings. The smallest absolute Gasteiger partial charge is 0.279 e. The molecule has 1 atom stereocenters. The van der Waals surface area contributed by atoms with Crippen molar-refractivity contribution in [1.82, 2.24) is 14.3 Å². The van der Waals surface area contributed by atoms with E-state index in [1.54, 1.807) is 4.31 Å². The van der Waals surface area contributed by atoms with Crippen LogP contribution < -0.4 is 10.0 Å². The second-order valence-corrected chi connectivity index (χ2v) is 8.52. The Balaban J connectivity index is 1.89. The van der Waals surface area contributed by atoms with Gasteiger partial charge in [-0.1, -0.05) is 13.8 Å². The number of hydrogen-bond donors (Lipinski definition) is 2. The van der Waals surface area contributed by atoms with Crippen LogP contribution in [0, 0.1) is 17.3 Å². The SMILES string of the molecule is CNCC1CCCN(S(=O)(=O)NCC2(C(C)C)CC2)C1. The Morgan fingerprint density at radius 2 is 2.05 bits per heavy atom. The Labute approximate surface area is 123 Å². The van der Waals surface area contributed by atoms with Gasteiger partial charge in [-0.05, 0) is 56.5 Å². The Morgan fingerprint density at radius 3 is 2.60 bits per heavy atom. The van der Waals surface area contributed by atoms with E-state index in [2.05, 4.69) is 23.9 Å². The van der Waals surface area contributed by atoms with Gasteiger partial charge >= 0.3 is 0 Å². The number of nitrogens with zero attached hydrogens (tertiary/aromatic N) is 1. The minimum absolute atomic E-state index is 0.216. The van der Waals surface area contributed by atoms with Gasteiger partial charge in [-0.15, -0.1) is 0 Å². The lowest BCUT2D eigenvalue weighted by Gasteiger charge is -2.32. The topological polar surface area (TPSA) is 61.4 Å². The fraction of sp³-hybridized carbons (Fsp3) is 1.00. The molecule has 0 amide bonds. The molecule has 1 saturated heterocycles. The summed E-state index contributed by atoms with van der Waals surface area (Å²) in [4.78, 5) is 0. The van der Waals surface area contributed by atoms with Gasteiger partial charge in [-0.25, -0.2) is 4.72 Å². The van der Waals surface area contributed by atoms with Crippen LogP contribution in [0.3, 0.4) is 0 Å². The van der Waals surface area contributed by atoms with Gasteiger partial charge in [0.2, 0.25) is 0 Å². The molecule has 2 fully saturated rings. The van der Waals surface area contributed by atoms with Crippen molar-refractivity contribution < 1.29 is 8.42 Å². The molecule has 1 unspecified atom stereocenters.